The molecular weight excluding hydrogens is 468 g/mol. The Hall–Kier alpha value is -2.66. The molecule has 3 aliphatic rings. The summed E-state index contributed by atoms with van der Waals surface area (Å²) < 4.78 is 2.53. The van der Waals surface area contributed by atoms with E-state index < -0.39 is 0 Å². The maximum atomic E-state index is 13.2. The molecule has 2 saturated heterocycles. The van der Waals surface area contributed by atoms with Crippen LogP contribution in [0.1, 0.15) is 82.3 Å². The van der Waals surface area contributed by atoms with Crippen LogP contribution in [0, 0.1) is 12.3 Å². The summed E-state index contributed by atoms with van der Waals surface area (Å²) in [7, 11) is 2.02. The van der Waals surface area contributed by atoms with Gasteiger partial charge in [0.2, 0.25) is 5.91 Å². The predicted octanol–water partition coefficient (Wildman–Crippen LogP) is 6.29. The summed E-state index contributed by atoms with van der Waals surface area (Å²) in [6, 6.07) is 19.4. The molecule has 4 atom stereocenters. The molecular formula is C33H44N4O. The van der Waals surface area contributed by atoms with Crippen LogP contribution in [-0.4, -0.2) is 57.5 Å². The van der Waals surface area contributed by atoms with Crippen LogP contribution in [0.4, 0.5) is 0 Å². The second-order valence-corrected chi connectivity index (χ2v) is 13.4. The molecule has 0 saturated carbocycles. The van der Waals surface area contributed by atoms with Crippen LogP contribution < -0.4 is 0 Å². The van der Waals surface area contributed by atoms with E-state index in [9.17, 15) is 4.79 Å². The molecule has 2 bridgehead atoms. The lowest BCUT2D eigenvalue weighted by Crippen LogP contribution is -2.48. The first kappa shape index (κ1) is 25.6. The molecule has 5 heteroatoms. The molecule has 2 aliphatic heterocycles. The lowest BCUT2D eigenvalue weighted by molar-refractivity contribution is -0.139. The van der Waals surface area contributed by atoms with Gasteiger partial charge in [0.1, 0.15) is 5.82 Å². The molecule has 3 heterocycles. The van der Waals surface area contributed by atoms with Crippen molar-refractivity contribution in [3.8, 4) is 0 Å². The van der Waals surface area contributed by atoms with Crippen molar-refractivity contribution in [2.24, 2.45) is 5.41 Å². The minimum atomic E-state index is -0.356. The number of carbonyl (C=O) groups is 1. The second-order valence-electron chi connectivity index (χ2n) is 13.4. The number of fused-ring (bicyclic) bond motifs is 4. The Bertz CT molecular complexity index is 1320. The summed E-state index contributed by atoms with van der Waals surface area (Å²) in [5.41, 5.74) is 5.06. The summed E-state index contributed by atoms with van der Waals surface area (Å²) in [4.78, 5) is 22.9. The van der Waals surface area contributed by atoms with Gasteiger partial charge in [-0.15, -0.1) is 0 Å². The van der Waals surface area contributed by atoms with Crippen molar-refractivity contribution in [3.63, 3.8) is 0 Å². The van der Waals surface area contributed by atoms with E-state index in [1.165, 1.54) is 42.3 Å². The van der Waals surface area contributed by atoms with Crippen molar-refractivity contribution in [2.75, 3.05) is 20.1 Å². The number of nitrogens with zero attached hydrogens (tertiary/aromatic N) is 4. The summed E-state index contributed by atoms with van der Waals surface area (Å²) >= 11 is 0. The molecule has 5 nitrogen and oxygen atoms in total. The van der Waals surface area contributed by atoms with Crippen LogP contribution in [0.25, 0.3) is 11.0 Å². The van der Waals surface area contributed by atoms with E-state index in [1.807, 2.05) is 32.7 Å². The van der Waals surface area contributed by atoms with E-state index in [0.717, 1.165) is 43.7 Å². The maximum Gasteiger partial charge on any atom is 0.227 e. The van der Waals surface area contributed by atoms with Crippen molar-refractivity contribution in [1.29, 1.82) is 0 Å². The van der Waals surface area contributed by atoms with Gasteiger partial charge in [-0.25, -0.2) is 4.98 Å². The fraction of sp³-hybridized carbons (Fsp3) is 0.576. The molecule has 1 amide bonds. The first-order valence-electron chi connectivity index (χ1n) is 14.7. The Morgan fingerprint density at radius 3 is 2.45 bits per heavy atom. The van der Waals surface area contributed by atoms with E-state index in [-0.39, 0.29) is 16.7 Å². The lowest BCUT2D eigenvalue weighted by atomic mass is 9.77. The van der Waals surface area contributed by atoms with E-state index in [1.54, 1.807) is 0 Å². The number of benzene rings is 2. The highest BCUT2D eigenvalue weighted by molar-refractivity contribution is 5.81. The van der Waals surface area contributed by atoms with Gasteiger partial charge < -0.3 is 9.47 Å². The van der Waals surface area contributed by atoms with Gasteiger partial charge in [0, 0.05) is 42.5 Å². The van der Waals surface area contributed by atoms with Gasteiger partial charge in [-0.1, -0.05) is 57.2 Å². The Balaban J connectivity index is 1.21. The zero-order chi connectivity index (χ0) is 26.7. The Kier molecular flexibility index (Phi) is 6.41. The summed E-state index contributed by atoms with van der Waals surface area (Å²) in [6.07, 6.45) is 8.41. The quantitative estimate of drug-likeness (QED) is 0.390. The second kappa shape index (κ2) is 9.51. The Morgan fingerprint density at radius 2 is 1.71 bits per heavy atom. The number of imidazole rings is 1. The predicted molar refractivity (Wildman–Crippen MR) is 154 cm³/mol. The standard InChI is InChI=1S/C33H44N4O/c1-23-34-29-12-8-9-13-30(29)37(23)27-20-25-14-15-26(21-27)36(25)19-18-33(22-35(5)31(38)32(2,3)4)17-16-24-10-6-7-11-28(24)33/h6-13,25-27H,14-22H2,1-5H3/t25-,26+,27?,33?. The third-order valence-corrected chi connectivity index (χ3v) is 9.84. The molecule has 2 fully saturated rings. The third kappa shape index (κ3) is 4.37. The number of aryl methyl sites for hydroxylation is 2. The zero-order valence-corrected chi connectivity index (χ0v) is 23.9. The van der Waals surface area contributed by atoms with Crippen LogP contribution in [0.2, 0.25) is 0 Å². The van der Waals surface area contributed by atoms with E-state index >= 15 is 0 Å². The van der Waals surface area contributed by atoms with E-state index in [4.69, 9.17) is 4.98 Å². The number of amides is 1. The number of likely N-dealkylation sites (N-methyl/N-ethyl adjacent to an activating group) is 1. The summed E-state index contributed by atoms with van der Waals surface area (Å²) in [6.45, 7) is 10.2. The molecule has 202 valence electrons. The minimum absolute atomic E-state index is 0.0413. The molecule has 3 aromatic rings. The average Bonchev–Trinajstić information content (AvgIpc) is 3.50. The monoisotopic (exact) mass is 512 g/mol. The highest BCUT2D eigenvalue weighted by Gasteiger charge is 2.45. The summed E-state index contributed by atoms with van der Waals surface area (Å²) in [5.74, 6) is 1.39. The fourth-order valence-corrected chi connectivity index (χ4v) is 8.16. The van der Waals surface area contributed by atoms with Crippen LogP contribution in [0.15, 0.2) is 48.5 Å². The zero-order valence-electron chi connectivity index (χ0n) is 23.9. The van der Waals surface area contributed by atoms with Gasteiger partial charge in [0.25, 0.3) is 0 Å². The molecule has 2 aromatic carbocycles. The van der Waals surface area contributed by atoms with Gasteiger partial charge in [0.05, 0.1) is 11.0 Å². The Morgan fingerprint density at radius 1 is 1.03 bits per heavy atom. The van der Waals surface area contributed by atoms with Crippen LogP contribution in [0.3, 0.4) is 0 Å². The number of para-hydroxylation sites is 2. The first-order chi connectivity index (χ1) is 18.2. The molecule has 0 N–H and O–H groups in total. The van der Waals surface area contributed by atoms with Crippen molar-refractivity contribution < 1.29 is 4.79 Å². The Labute approximate surface area is 228 Å². The molecule has 0 spiro atoms. The van der Waals surface area contributed by atoms with Gasteiger partial charge in [-0.05, 0) is 81.7 Å². The highest BCUT2D eigenvalue weighted by Crippen LogP contribution is 2.46. The molecule has 1 aromatic heterocycles. The van der Waals surface area contributed by atoms with Crippen LogP contribution in [-0.2, 0) is 16.6 Å². The molecule has 38 heavy (non-hydrogen) atoms. The smallest absolute Gasteiger partial charge is 0.227 e. The molecule has 6 rings (SSSR count). The average molecular weight is 513 g/mol. The molecule has 1 aliphatic carbocycles. The number of hydrogen-bond acceptors (Lipinski definition) is 3. The lowest BCUT2D eigenvalue weighted by Gasteiger charge is -2.43. The molecule has 0 radical (unpaired) electrons. The minimum Gasteiger partial charge on any atom is -0.344 e. The van der Waals surface area contributed by atoms with Gasteiger partial charge >= 0.3 is 0 Å². The summed E-state index contributed by atoms with van der Waals surface area (Å²) in [5, 5.41) is 0. The SMILES string of the molecule is Cc1nc2ccccc2n1C1C[C@H]2CC[C@@H](C1)N2CCC1(CN(C)C(=O)C(C)(C)C)CCc2ccccc21. The number of carbonyl (C=O) groups excluding carboxylic acids is 1. The van der Waals surface area contributed by atoms with Gasteiger partial charge in [-0.3, -0.25) is 9.69 Å². The van der Waals surface area contributed by atoms with Crippen molar-refractivity contribution >= 4 is 16.9 Å². The van der Waals surface area contributed by atoms with E-state index in [0.29, 0.717) is 18.1 Å². The van der Waals surface area contributed by atoms with Gasteiger partial charge in [-0.2, -0.15) is 0 Å². The maximum absolute atomic E-state index is 13.2. The first-order valence-corrected chi connectivity index (χ1v) is 14.7. The fourth-order valence-electron chi connectivity index (χ4n) is 8.16. The largest absolute Gasteiger partial charge is 0.344 e. The van der Waals surface area contributed by atoms with Crippen LogP contribution in [0.5, 0.6) is 0 Å². The number of aromatic nitrogens is 2. The normalized spacial score (nSPS) is 27.1. The topological polar surface area (TPSA) is 41.4 Å². The number of hydrogen-bond donors (Lipinski definition) is 0. The van der Waals surface area contributed by atoms with Gasteiger partial charge in [0.15, 0.2) is 0 Å². The number of rotatable bonds is 6. The van der Waals surface area contributed by atoms with Crippen molar-refractivity contribution in [3.05, 3.63) is 65.5 Å². The number of piperidine rings is 1. The highest BCUT2D eigenvalue weighted by atomic mass is 16.2. The third-order valence-electron chi connectivity index (χ3n) is 9.84. The van der Waals surface area contributed by atoms with Crippen molar-refractivity contribution in [2.45, 2.75) is 96.2 Å². The molecule has 2 unspecified atom stereocenters. The van der Waals surface area contributed by atoms with Crippen LogP contribution >= 0.6 is 0 Å². The van der Waals surface area contributed by atoms with E-state index in [2.05, 4.69) is 64.9 Å². The van der Waals surface area contributed by atoms with Crippen molar-refractivity contribution in [1.82, 2.24) is 19.4 Å².